The summed E-state index contributed by atoms with van der Waals surface area (Å²) in [6.07, 6.45) is 5.15. The maximum absolute atomic E-state index is 12.6. The Balaban J connectivity index is 1.92. The standard InChI is InChI=1S/C17H21N3O/c1-13-8-4-5-9-16(13)20-14(2)15(12-18-20)17(21)19-10-6-3-7-11-19/h4-5,8-9,12H,3,6-7,10-11H2,1-2H3. The van der Waals surface area contributed by atoms with E-state index in [9.17, 15) is 4.79 Å². The monoisotopic (exact) mass is 283 g/mol. The van der Waals surface area contributed by atoms with E-state index in [2.05, 4.69) is 18.1 Å². The summed E-state index contributed by atoms with van der Waals surface area (Å²) in [4.78, 5) is 14.6. The summed E-state index contributed by atoms with van der Waals surface area (Å²) in [5, 5.41) is 4.43. The number of amides is 1. The van der Waals surface area contributed by atoms with Gasteiger partial charge in [0.2, 0.25) is 0 Å². The van der Waals surface area contributed by atoms with Crippen LogP contribution in [0.5, 0.6) is 0 Å². The van der Waals surface area contributed by atoms with Gasteiger partial charge in [0.15, 0.2) is 0 Å². The summed E-state index contributed by atoms with van der Waals surface area (Å²) >= 11 is 0. The molecule has 0 atom stereocenters. The fourth-order valence-corrected chi connectivity index (χ4v) is 2.93. The molecular weight excluding hydrogens is 262 g/mol. The molecule has 2 aromatic rings. The van der Waals surface area contributed by atoms with Gasteiger partial charge in [-0.05, 0) is 44.7 Å². The lowest BCUT2D eigenvalue weighted by molar-refractivity contribution is 0.0723. The molecule has 1 amide bonds. The molecule has 21 heavy (non-hydrogen) atoms. The number of rotatable bonds is 2. The number of carbonyl (C=O) groups is 1. The normalized spacial score (nSPS) is 15.2. The van der Waals surface area contributed by atoms with Crippen molar-refractivity contribution in [1.29, 1.82) is 0 Å². The molecule has 0 saturated carbocycles. The number of nitrogens with zero attached hydrogens (tertiary/aromatic N) is 3. The van der Waals surface area contributed by atoms with Gasteiger partial charge in [0, 0.05) is 13.1 Å². The van der Waals surface area contributed by atoms with E-state index in [1.54, 1.807) is 6.20 Å². The van der Waals surface area contributed by atoms with Crippen LogP contribution in [0.15, 0.2) is 30.5 Å². The van der Waals surface area contributed by atoms with Gasteiger partial charge in [-0.25, -0.2) is 4.68 Å². The van der Waals surface area contributed by atoms with Crippen LogP contribution in [0.4, 0.5) is 0 Å². The highest BCUT2D eigenvalue weighted by Gasteiger charge is 2.22. The Morgan fingerprint density at radius 3 is 2.52 bits per heavy atom. The molecule has 2 heterocycles. The highest BCUT2D eigenvalue weighted by atomic mass is 16.2. The van der Waals surface area contributed by atoms with Gasteiger partial charge in [0.1, 0.15) is 0 Å². The highest BCUT2D eigenvalue weighted by molar-refractivity contribution is 5.95. The lowest BCUT2D eigenvalue weighted by atomic mass is 10.1. The molecule has 1 aliphatic rings. The zero-order chi connectivity index (χ0) is 14.8. The highest BCUT2D eigenvalue weighted by Crippen LogP contribution is 2.20. The maximum atomic E-state index is 12.6. The molecule has 0 aliphatic carbocycles. The molecule has 4 heteroatoms. The third-order valence-corrected chi connectivity index (χ3v) is 4.23. The van der Waals surface area contributed by atoms with Gasteiger partial charge in [-0.3, -0.25) is 4.79 Å². The van der Waals surface area contributed by atoms with E-state index in [-0.39, 0.29) is 5.91 Å². The van der Waals surface area contributed by atoms with E-state index >= 15 is 0 Å². The van der Waals surface area contributed by atoms with Gasteiger partial charge < -0.3 is 4.90 Å². The fraction of sp³-hybridized carbons (Fsp3) is 0.412. The molecule has 3 rings (SSSR count). The Morgan fingerprint density at radius 2 is 1.81 bits per heavy atom. The average Bonchev–Trinajstić information content (AvgIpc) is 2.89. The SMILES string of the molecule is Cc1ccccc1-n1ncc(C(=O)N2CCCCC2)c1C. The summed E-state index contributed by atoms with van der Waals surface area (Å²) in [5.74, 6) is 0.118. The number of aromatic nitrogens is 2. The van der Waals surface area contributed by atoms with Crippen molar-refractivity contribution < 1.29 is 4.79 Å². The lowest BCUT2D eigenvalue weighted by Gasteiger charge is -2.26. The number of piperidine rings is 1. The van der Waals surface area contributed by atoms with Crippen molar-refractivity contribution in [2.24, 2.45) is 0 Å². The Bertz CT molecular complexity index is 654. The third kappa shape index (κ3) is 2.58. The van der Waals surface area contributed by atoms with Crippen molar-refractivity contribution in [3.63, 3.8) is 0 Å². The predicted octanol–water partition coefficient (Wildman–Crippen LogP) is 3.12. The Kier molecular flexibility index (Phi) is 3.78. The molecule has 0 radical (unpaired) electrons. The largest absolute Gasteiger partial charge is 0.339 e. The van der Waals surface area contributed by atoms with Crippen molar-refractivity contribution >= 4 is 5.91 Å². The third-order valence-electron chi connectivity index (χ3n) is 4.23. The molecule has 0 bridgehead atoms. The molecule has 1 aromatic heterocycles. The number of para-hydroxylation sites is 1. The molecule has 0 unspecified atom stereocenters. The number of hydrogen-bond donors (Lipinski definition) is 0. The second-order valence-corrected chi connectivity index (χ2v) is 5.69. The summed E-state index contributed by atoms with van der Waals surface area (Å²) in [6.45, 7) is 5.76. The maximum Gasteiger partial charge on any atom is 0.257 e. The number of benzene rings is 1. The second-order valence-electron chi connectivity index (χ2n) is 5.69. The van der Waals surface area contributed by atoms with Gasteiger partial charge in [0.25, 0.3) is 5.91 Å². The first-order valence-corrected chi connectivity index (χ1v) is 7.58. The summed E-state index contributed by atoms with van der Waals surface area (Å²) in [7, 11) is 0. The molecule has 110 valence electrons. The van der Waals surface area contributed by atoms with Crippen LogP contribution >= 0.6 is 0 Å². The van der Waals surface area contributed by atoms with Crippen LogP contribution in [-0.2, 0) is 0 Å². The predicted molar refractivity (Wildman–Crippen MR) is 82.8 cm³/mol. The van der Waals surface area contributed by atoms with Gasteiger partial charge in [0.05, 0.1) is 23.1 Å². The quantitative estimate of drug-likeness (QED) is 0.849. The molecular formula is C17H21N3O. The van der Waals surface area contributed by atoms with E-state index in [1.807, 2.05) is 34.7 Å². The van der Waals surface area contributed by atoms with Crippen LogP contribution in [0, 0.1) is 13.8 Å². The first-order chi connectivity index (χ1) is 10.2. The van der Waals surface area contributed by atoms with Crippen LogP contribution in [0.25, 0.3) is 5.69 Å². The van der Waals surface area contributed by atoms with Crippen molar-refractivity contribution in [2.45, 2.75) is 33.1 Å². The molecule has 1 aromatic carbocycles. The number of carbonyl (C=O) groups excluding carboxylic acids is 1. The zero-order valence-electron chi connectivity index (χ0n) is 12.7. The van der Waals surface area contributed by atoms with E-state index in [0.717, 1.165) is 48.4 Å². The lowest BCUT2D eigenvalue weighted by Crippen LogP contribution is -2.35. The molecule has 0 spiro atoms. The van der Waals surface area contributed by atoms with Crippen LogP contribution < -0.4 is 0 Å². The van der Waals surface area contributed by atoms with Gasteiger partial charge >= 0.3 is 0 Å². The first-order valence-electron chi connectivity index (χ1n) is 7.58. The van der Waals surface area contributed by atoms with Crippen LogP contribution in [0.1, 0.15) is 40.9 Å². The Morgan fingerprint density at radius 1 is 1.10 bits per heavy atom. The van der Waals surface area contributed by atoms with Crippen molar-refractivity contribution in [1.82, 2.24) is 14.7 Å². The van der Waals surface area contributed by atoms with E-state index in [0.29, 0.717) is 0 Å². The van der Waals surface area contributed by atoms with Gasteiger partial charge in [-0.1, -0.05) is 18.2 Å². The van der Waals surface area contributed by atoms with Crippen molar-refractivity contribution in [3.8, 4) is 5.69 Å². The van der Waals surface area contributed by atoms with Gasteiger partial charge in [-0.15, -0.1) is 0 Å². The van der Waals surface area contributed by atoms with Crippen molar-refractivity contribution in [3.05, 3.63) is 47.3 Å². The minimum atomic E-state index is 0.118. The van der Waals surface area contributed by atoms with Crippen LogP contribution in [0.3, 0.4) is 0 Å². The number of hydrogen-bond acceptors (Lipinski definition) is 2. The minimum absolute atomic E-state index is 0.118. The van der Waals surface area contributed by atoms with Crippen LogP contribution in [-0.4, -0.2) is 33.7 Å². The second kappa shape index (κ2) is 5.72. The minimum Gasteiger partial charge on any atom is -0.339 e. The molecule has 4 nitrogen and oxygen atoms in total. The Labute approximate surface area is 125 Å². The molecule has 1 fully saturated rings. The number of aryl methyl sites for hydroxylation is 1. The first kappa shape index (κ1) is 13.9. The molecule has 0 N–H and O–H groups in total. The zero-order valence-corrected chi connectivity index (χ0v) is 12.7. The fourth-order valence-electron chi connectivity index (χ4n) is 2.93. The molecule has 1 saturated heterocycles. The number of likely N-dealkylation sites (tertiary alicyclic amines) is 1. The Hall–Kier alpha value is -2.10. The van der Waals surface area contributed by atoms with Crippen LogP contribution in [0.2, 0.25) is 0 Å². The van der Waals surface area contributed by atoms with E-state index in [1.165, 1.54) is 6.42 Å². The van der Waals surface area contributed by atoms with Crippen molar-refractivity contribution in [2.75, 3.05) is 13.1 Å². The smallest absolute Gasteiger partial charge is 0.257 e. The van der Waals surface area contributed by atoms with E-state index < -0.39 is 0 Å². The van der Waals surface area contributed by atoms with E-state index in [4.69, 9.17) is 0 Å². The topological polar surface area (TPSA) is 38.1 Å². The molecule has 1 aliphatic heterocycles. The summed E-state index contributed by atoms with van der Waals surface area (Å²) < 4.78 is 1.87. The average molecular weight is 283 g/mol. The summed E-state index contributed by atoms with van der Waals surface area (Å²) in [6, 6.07) is 8.10. The van der Waals surface area contributed by atoms with Gasteiger partial charge in [-0.2, -0.15) is 5.10 Å². The summed E-state index contributed by atoms with van der Waals surface area (Å²) in [5.41, 5.74) is 3.83.